The van der Waals surface area contributed by atoms with Gasteiger partial charge in [-0.05, 0) is 60.4 Å². The van der Waals surface area contributed by atoms with E-state index in [4.69, 9.17) is 4.74 Å². The van der Waals surface area contributed by atoms with E-state index in [1.165, 1.54) is 31.4 Å². The number of Topliss-reactive ketones (excluding diaryl/α,β-unsaturated/α-hetero) is 2. The number of rotatable bonds is 7. The number of methoxy groups -OCH3 is 1. The summed E-state index contributed by atoms with van der Waals surface area (Å²) in [4.78, 5) is 25.3. The van der Waals surface area contributed by atoms with Crippen molar-refractivity contribution in [2.75, 3.05) is 7.11 Å². The van der Waals surface area contributed by atoms with Crippen LogP contribution >= 0.6 is 0 Å². The van der Waals surface area contributed by atoms with Crippen molar-refractivity contribution in [2.45, 2.75) is 12.8 Å². The molecule has 0 aliphatic rings. The summed E-state index contributed by atoms with van der Waals surface area (Å²) in [6, 6.07) is 17.9. The van der Waals surface area contributed by atoms with Crippen molar-refractivity contribution >= 4 is 11.6 Å². The Labute approximate surface area is 162 Å². The lowest BCUT2D eigenvalue weighted by Crippen LogP contribution is -2.16. The minimum absolute atomic E-state index is 0.0783. The molecule has 142 valence electrons. The third-order valence-corrected chi connectivity index (χ3v) is 4.44. The van der Waals surface area contributed by atoms with Gasteiger partial charge in [0.1, 0.15) is 17.2 Å². The first-order valence-electron chi connectivity index (χ1n) is 8.81. The maximum atomic E-state index is 12.8. The van der Waals surface area contributed by atoms with Crippen LogP contribution in [0.2, 0.25) is 0 Å². The quantitative estimate of drug-likeness (QED) is 0.482. The lowest BCUT2D eigenvalue weighted by atomic mass is 9.96. The van der Waals surface area contributed by atoms with E-state index in [-0.39, 0.29) is 22.6 Å². The SMILES string of the molecule is COc1ccc(CCc2cccc(O)c2)cc1C(=O)C(=O)c1cccc(O)c1. The summed E-state index contributed by atoms with van der Waals surface area (Å²) in [7, 11) is 1.44. The van der Waals surface area contributed by atoms with Crippen molar-refractivity contribution in [2.24, 2.45) is 0 Å². The van der Waals surface area contributed by atoms with E-state index in [0.29, 0.717) is 18.6 Å². The number of phenols is 2. The predicted molar refractivity (Wildman–Crippen MR) is 105 cm³/mol. The summed E-state index contributed by atoms with van der Waals surface area (Å²) < 4.78 is 5.25. The van der Waals surface area contributed by atoms with Gasteiger partial charge in [0.15, 0.2) is 0 Å². The van der Waals surface area contributed by atoms with Crippen LogP contribution in [0.15, 0.2) is 66.7 Å². The molecular weight excluding hydrogens is 356 g/mol. The van der Waals surface area contributed by atoms with Crippen LogP contribution < -0.4 is 4.74 Å². The highest BCUT2D eigenvalue weighted by molar-refractivity contribution is 6.49. The largest absolute Gasteiger partial charge is 0.508 e. The first-order chi connectivity index (χ1) is 13.5. The van der Waals surface area contributed by atoms with Gasteiger partial charge >= 0.3 is 0 Å². The van der Waals surface area contributed by atoms with Crippen LogP contribution in [0.4, 0.5) is 0 Å². The van der Waals surface area contributed by atoms with Gasteiger partial charge in [-0.1, -0.05) is 30.3 Å². The van der Waals surface area contributed by atoms with Gasteiger partial charge in [0.2, 0.25) is 11.6 Å². The molecule has 0 bridgehead atoms. The number of hydrogen-bond donors (Lipinski definition) is 2. The molecule has 0 spiro atoms. The zero-order chi connectivity index (χ0) is 20.1. The molecule has 0 amide bonds. The van der Waals surface area contributed by atoms with Crippen LogP contribution in [0.3, 0.4) is 0 Å². The number of phenolic OH excluding ortho intramolecular Hbond substituents is 2. The maximum Gasteiger partial charge on any atom is 0.237 e. The monoisotopic (exact) mass is 376 g/mol. The fourth-order valence-electron chi connectivity index (χ4n) is 2.99. The predicted octanol–water partition coefficient (Wildman–Crippen LogP) is 3.96. The van der Waals surface area contributed by atoms with Gasteiger partial charge in [0.05, 0.1) is 12.7 Å². The van der Waals surface area contributed by atoms with Crippen LogP contribution in [0.1, 0.15) is 31.8 Å². The average Bonchev–Trinajstić information content (AvgIpc) is 2.71. The Morgan fingerprint density at radius 3 is 2.07 bits per heavy atom. The zero-order valence-corrected chi connectivity index (χ0v) is 15.4. The molecule has 2 N–H and O–H groups in total. The number of carbonyl (C=O) groups excluding carboxylic acids is 2. The minimum Gasteiger partial charge on any atom is -0.508 e. The number of aromatic hydroxyl groups is 2. The Bertz CT molecular complexity index is 1020. The smallest absolute Gasteiger partial charge is 0.237 e. The second kappa shape index (κ2) is 8.39. The molecule has 0 saturated heterocycles. The Morgan fingerprint density at radius 1 is 0.786 bits per heavy atom. The standard InChI is InChI=1S/C23H20O5/c1-28-21-11-10-16(9-8-15-4-2-6-18(24)12-15)13-20(21)23(27)22(26)17-5-3-7-19(25)14-17/h2-7,10-14,24-25H,8-9H2,1H3. The number of ether oxygens (including phenoxy) is 1. The fraction of sp³-hybridized carbons (Fsp3) is 0.130. The van der Waals surface area contributed by atoms with Gasteiger partial charge in [0.25, 0.3) is 0 Å². The third kappa shape index (κ3) is 4.38. The molecule has 0 saturated carbocycles. The summed E-state index contributed by atoms with van der Waals surface area (Å²) in [6.07, 6.45) is 1.31. The molecule has 5 heteroatoms. The van der Waals surface area contributed by atoms with E-state index in [9.17, 15) is 19.8 Å². The van der Waals surface area contributed by atoms with E-state index in [1.807, 2.05) is 12.1 Å². The Morgan fingerprint density at radius 2 is 1.43 bits per heavy atom. The molecule has 0 radical (unpaired) electrons. The highest BCUT2D eigenvalue weighted by atomic mass is 16.5. The van der Waals surface area contributed by atoms with Gasteiger partial charge in [-0.15, -0.1) is 0 Å². The van der Waals surface area contributed by atoms with Crippen molar-refractivity contribution in [3.63, 3.8) is 0 Å². The first kappa shape index (κ1) is 19.2. The summed E-state index contributed by atoms with van der Waals surface area (Å²) >= 11 is 0. The van der Waals surface area contributed by atoms with Crippen LogP contribution in [0.25, 0.3) is 0 Å². The molecule has 0 unspecified atom stereocenters. The Hall–Kier alpha value is -3.60. The number of ketones is 2. The van der Waals surface area contributed by atoms with E-state index < -0.39 is 11.6 Å². The molecule has 0 aliphatic heterocycles. The number of benzene rings is 3. The second-order valence-electron chi connectivity index (χ2n) is 6.41. The van der Waals surface area contributed by atoms with Crippen molar-refractivity contribution in [3.05, 3.63) is 89.0 Å². The number of aryl methyl sites for hydroxylation is 2. The Balaban J connectivity index is 1.84. The maximum absolute atomic E-state index is 12.8. The van der Waals surface area contributed by atoms with Crippen LogP contribution in [-0.4, -0.2) is 28.9 Å². The summed E-state index contributed by atoms with van der Waals surface area (Å²) in [5.74, 6) is -0.953. The number of hydrogen-bond acceptors (Lipinski definition) is 5. The average molecular weight is 376 g/mol. The fourth-order valence-corrected chi connectivity index (χ4v) is 2.99. The highest BCUT2D eigenvalue weighted by Gasteiger charge is 2.22. The normalized spacial score (nSPS) is 10.5. The molecule has 5 nitrogen and oxygen atoms in total. The van der Waals surface area contributed by atoms with Crippen LogP contribution in [0.5, 0.6) is 17.2 Å². The molecule has 0 fully saturated rings. The van der Waals surface area contributed by atoms with E-state index in [0.717, 1.165) is 11.1 Å². The van der Waals surface area contributed by atoms with Crippen molar-refractivity contribution in [1.29, 1.82) is 0 Å². The van der Waals surface area contributed by atoms with Crippen LogP contribution in [-0.2, 0) is 12.8 Å². The van der Waals surface area contributed by atoms with Crippen molar-refractivity contribution < 1.29 is 24.5 Å². The van der Waals surface area contributed by atoms with Gasteiger partial charge in [-0.2, -0.15) is 0 Å². The minimum atomic E-state index is -0.709. The topological polar surface area (TPSA) is 83.8 Å². The van der Waals surface area contributed by atoms with Crippen molar-refractivity contribution in [3.8, 4) is 17.2 Å². The van der Waals surface area contributed by atoms with Crippen molar-refractivity contribution in [1.82, 2.24) is 0 Å². The molecule has 3 aromatic rings. The van der Waals surface area contributed by atoms with E-state index >= 15 is 0 Å². The third-order valence-electron chi connectivity index (χ3n) is 4.44. The zero-order valence-electron chi connectivity index (χ0n) is 15.4. The van der Waals surface area contributed by atoms with Gasteiger partial charge in [-0.3, -0.25) is 9.59 Å². The lowest BCUT2D eigenvalue weighted by Gasteiger charge is -2.10. The molecule has 3 rings (SSSR count). The van der Waals surface area contributed by atoms with Gasteiger partial charge in [-0.25, -0.2) is 0 Å². The highest BCUT2D eigenvalue weighted by Crippen LogP contribution is 2.24. The second-order valence-corrected chi connectivity index (χ2v) is 6.41. The first-order valence-corrected chi connectivity index (χ1v) is 8.81. The van der Waals surface area contributed by atoms with E-state index in [1.54, 1.807) is 30.3 Å². The van der Waals surface area contributed by atoms with Crippen LogP contribution in [0, 0.1) is 0 Å². The lowest BCUT2D eigenvalue weighted by molar-refractivity contribution is 0.0815. The molecule has 0 atom stereocenters. The van der Waals surface area contributed by atoms with Gasteiger partial charge in [0, 0.05) is 5.56 Å². The summed E-state index contributed by atoms with van der Waals surface area (Å²) in [6.45, 7) is 0. The molecule has 3 aromatic carbocycles. The summed E-state index contributed by atoms with van der Waals surface area (Å²) in [5.41, 5.74) is 2.15. The molecule has 0 aromatic heterocycles. The van der Waals surface area contributed by atoms with Gasteiger partial charge < -0.3 is 14.9 Å². The molecule has 28 heavy (non-hydrogen) atoms. The number of carbonyl (C=O) groups is 2. The van der Waals surface area contributed by atoms with E-state index in [2.05, 4.69) is 0 Å². The summed E-state index contributed by atoms with van der Waals surface area (Å²) in [5, 5.41) is 19.1. The molecular formula is C23H20O5. The molecule has 0 heterocycles. The molecule has 0 aliphatic carbocycles. The Kier molecular flexibility index (Phi) is 5.75.